The number of anilines is 2. The van der Waals surface area contributed by atoms with Gasteiger partial charge in [0.15, 0.2) is 5.69 Å². The predicted molar refractivity (Wildman–Crippen MR) is 90.0 cm³/mol. The van der Waals surface area contributed by atoms with Crippen molar-refractivity contribution >= 4 is 17.3 Å². The molecule has 3 heterocycles. The van der Waals surface area contributed by atoms with Gasteiger partial charge in [0, 0.05) is 50.4 Å². The Labute approximate surface area is 135 Å². The van der Waals surface area contributed by atoms with Crippen molar-refractivity contribution in [2.75, 3.05) is 36.0 Å². The number of nitrogens with zero attached hydrogens (tertiary/aromatic N) is 3. The molecule has 0 saturated carbocycles. The summed E-state index contributed by atoms with van der Waals surface area (Å²) in [6.07, 6.45) is 0.899. The van der Waals surface area contributed by atoms with Crippen molar-refractivity contribution in [3.63, 3.8) is 0 Å². The fourth-order valence-corrected chi connectivity index (χ4v) is 3.49. The van der Waals surface area contributed by atoms with Crippen LogP contribution in [0, 0.1) is 0 Å². The minimum Gasteiger partial charge on any atom is -0.368 e. The highest BCUT2D eigenvalue weighted by Crippen LogP contribution is 2.33. The summed E-state index contributed by atoms with van der Waals surface area (Å²) in [5.74, 6) is -0.00518. The van der Waals surface area contributed by atoms with E-state index in [1.807, 2.05) is 23.1 Å². The maximum atomic E-state index is 13.1. The second-order valence-corrected chi connectivity index (χ2v) is 5.98. The van der Waals surface area contributed by atoms with Gasteiger partial charge in [0.25, 0.3) is 5.91 Å². The predicted octanol–water partition coefficient (Wildman–Crippen LogP) is 1.54. The summed E-state index contributed by atoms with van der Waals surface area (Å²) < 4.78 is 0. The Bertz CT molecular complexity index is 738. The maximum Gasteiger partial charge on any atom is 0.279 e. The summed E-state index contributed by atoms with van der Waals surface area (Å²) in [7, 11) is 0. The molecule has 0 aliphatic carbocycles. The molecule has 0 unspecified atom stereocenters. The lowest BCUT2D eigenvalue weighted by Gasteiger charge is -2.37. The van der Waals surface area contributed by atoms with Crippen LogP contribution in [0.15, 0.2) is 24.3 Å². The molecule has 23 heavy (non-hydrogen) atoms. The van der Waals surface area contributed by atoms with E-state index in [0.717, 1.165) is 48.7 Å². The van der Waals surface area contributed by atoms with Gasteiger partial charge in [-0.1, -0.05) is 12.1 Å². The van der Waals surface area contributed by atoms with Crippen molar-refractivity contribution in [1.82, 2.24) is 15.5 Å². The van der Waals surface area contributed by atoms with E-state index in [2.05, 4.69) is 33.4 Å². The van der Waals surface area contributed by atoms with Crippen LogP contribution >= 0.6 is 0 Å². The van der Waals surface area contributed by atoms with Crippen LogP contribution in [-0.2, 0) is 13.0 Å². The molecule has 2 aliphatic heterocycles. The van der Waals surface area contributed by atoms with Gasteiger partial charge >= 0.3 is 0 Å². The number of nitrogens with one attached hydrogen (secondary N) is 2. The van der Waals surface area contributed by atoms with Crippen molar-refractivity contribution in [3.8, 4) is 0 Å². The van der Waals surface area contributed by atoms with Gasteiger partial charge in [-0.25, -0.2) is 0 Å². The quantitative estimate of drug-likeness (QED) is 0.883. The number of aromatic nitrogens is 2. The highest BCUT2D eigenvalue weighted by Gasteiger charge is 2.30. The Morgan fingerprint density at radius 3 is 2.91 bits per heavy atom. The molecule has 4 rings (SSSR count). The van der Waals surface area contributed by atoms with Gasteiger partial charge in [-0.3, -0.25) is 9.89 Å². The lowest BCUT2D eigenvalue weighted by Crippen LogP contribution is -2.44. The number of hydrogen-bond acceptors (Lipinski definition) is 4. The minimum atomic E-state index is -0.00518. The second-order valence-electron chi connectivity index (χ2n) is 5.98. The van der Waals surface area contributed by atoms with Crippen LogP contribution in [0.3, 0.4) is 0 Å². The van der Waals surface area contributed by atoms with Gasteiger partial charge in [0.2, 0.25) is 0 Å². The smallest absolute Gasteiger partial charge is 0.279 e. The van der Waals surface area contributed by atoms with E-state index in [9.17, 15) is 4.79 Å². The molecule has 1 amide bonds. The number of likely N-dealkylation sites (N-methyl/N-ethyl adjacent to an activating group) is 1. The minimum absolute atomic E-state index is 0.00518. The first kappa shape index (κ1) is 14.3. The van der Waals surface area contributed by atoms with Gasteiger partial charge in [0.05, 0.1) is 11.4 Å². The van der Waals surface area contributed by atoms with Crippen molar-refractivity contribution in [2.24, 2.45) is 0 Å². The third-order valence-electron chi connectivity index (χ3n) is 4.74. The number of benzene rings is 1. The molecule has 1 aromatic carbocycles. The van der Waals surface area contributed by atoms with Crippen LogP contribution < -0.4 is 15.1 Å². The summed E-state index contributed by atoms with van der Waals surface area (Å²) >= 11 is 0. The largest absolute Gasteiger partial charge is 0.368 e. The Hall–Kier alpha value is -2.34. The standard InChI is InChI=1S/C17H21N5O/c1-2-21-9-10-22(15-6-4-3-5-14(15)21)17(23)16-12-11-18-8-7-13(12)19-20-16/h3-6,18H,2,7-11H2,1H3,(H,19,20). The van der Waals surface area contributed by atoms with Gasteiger partial charge < -0.3 is 15.1 Å². The van der Waals surface area contributed by atoms with E-state index in [1.165, 1.54) is 0 Å². The summed E-state index contributed by atoms with van der Waals surface area (Å²) in [5, 5.41) is 10.7. The zero-order valence-electron chi connectivity index (χ0n) is 13.3. The molecule has 1 aromatic heterocycles. The Morgan fingerprint density at radius 2 is 2.09 bits per heavy atom. The zero-order valence-corrected chi connectivity index (χ0v) is 13.3. The topological polar surface area (TPSA) is 64.3 Å². The van der Waals surface area contributed by atoms with Crippen LogP contribution in [0.2, 0.25) is 0 Å². The number of rotatable bonds is 2. The molecule has 2 aliphatic rings. The number of fused-ring (bicyclic) bond motifs is 2. The molecule has 0 atom stereocenters. The number of carbonyl (C=O) groups excluding carboxylic acids is 1. The molecule has 2 aromatic rings. The average Bonchev–Trinajstić information content (AvgIpc) is 3.04. The fourth-order valence-electron chi connectivity index (χ4n) is 3.49. The third-order valence-corrected chi connectivity index (χ3v) is 4.74. The molecule has 0 spiro atoms. The van der Waals surface area contributed by atoms with Crippen molar-refractivity contribution in [1.29, 1.82) is 0 Å². The van der Waals surface area contributed by atoms with E-state index in [4.69, 9.17) is 0 Å². The molecule has 6 heteroatoms. The average molecular weight is 311 g/mol. The Kier molecular flexibility index (Phi) is 3.53. The highest BCUT2D eigenvalue weighted by molar-refractivity contribution is 6.08. The van der Waals surface area contributed by atoms with Crippen LogP contribution in [0.1, 0.15) is 28.7 Å². The van der Waals surface area contributed by atoms with Gasteiger partial charge in [-0.05, 0) is 19.1 Å². The fraction of sp³-hybridized carbons (Fsp3) is 0.412. The molecule has 0 saturated heterocycles. The highest BCUT2D eigenvalue weighted by atomic mass is 16.2. The summed E-state index contributed by atoms with van der Waals surface area (Å²) in [6, 6.07) is 8.11. The van der Waals surface area contributed by atoms with E-state index in [-0.39, 0.29) is 5.91 Å². The monoisotopic (exact) mass is 311 g/mol. The van der Waals surface area contributed by atoms with E-state index in [1.54, 1.807) is 0 Å². The van der Waals surface area contributed by atoms with Crippen LogP contribution in [-0.4, -0.2) is 42.3 Å². The second kappa shape index (κ2) is 5.70. The molecule has 0 radical (unpaired) electrons. The first-order chi connectivity index (χ1) is 11.3. The number of aromatic amines is 1. The normalized spacial score (nSPS) is 16.9. The summed E-state index contributed by atoms with van der Waals surface area (Å²) in [6.45, 7) is 6.28. The summed E-state index contributed by atoms with van der Waals surface area (Å²) in [4.78, 5) is 17.3. The lowest BCUT2D eigenvalue weighted by molar-refractivity contribution is 0.0980. The molecule has 120 valence electrons. The molecule has 2 N–H and O–H groups in total. The van der Waals surface area contributed by atoms with Gasteiger partial charge in [-0.2, -0.15) is 5.10 Å². The van der Waals surface area contributed by atoms with Gasteiger partial charge in [-0.15, -0.1) is 0 Å². The Balaban J connectivity index is 1.71. The van der Waals surface area contributed by atoms with Crippen LogP contribution in [0.25, 0.3) is 0 Å². The molecular formula is C17H21N5O. The molecular weight excluding hydrogens is 290 g/mol. The SMILES string of the molecule is CCN1CCN(C(=O)c2n[nH]c3c2CNCC3)c2ccccc21. The van der Waals surface area contributed by atoms with Crippen molar-refractivity contribution in [3.05, 3.63) is 41.2 Å². The van der Waals surface area contributed by atoms with Crippen molar-refractivity contribution in [2.45, 2.75) is 19.9 Å². The number of hydrogen-bond donors (Lipinski definition) is 2. The lowest BCUT2D eigenvalue weighted by atomic mass is 10.1. The first-order valence-corrected chi connectivity index (χ1v) is 8.22. The van der Waals surface area contributed by atoms with Crippen molar-refractivity contribution < 1.29 is 4.79 Å². The zero-order chi connectivity index (χ0) is 15.8. The third kappa shape index (κ3) is 2.30. The summed E-state index contributed by atoms with van der Waals surface area (Å²) in [5.41, 5.74) is 4.78. The molecule has 0 bridgehead atoms. The number of carbonyl (C=O) groups is 1. The van der Waals surface area contributed by atoms with E-state index >= 15 is 0 Å². The van der Waals surface area contributed by atoms with Crippen LogP contribution in [0.5, 0.6) is 0 Å². The maximum absolute atomic E-state index is 13.1. The van der Waals surface area contributed by atoms with Crippen LogP contribution in [0.4, 0.5) is 11.4 Å². The molecule has 6 nitrogen and oxygen atoms in total. The van der Waals surface area contributed by atoms with E-state index < -0.39 is 0 Å². The number of amides is 1. The Morgan fingerprint density at radius 1 is 1.26 bits per heavy atom. The number of H-pyrrole nitrogens is 1. The first-order valence-electron chi connectivity index (χ1n) is 8.22. The van der Waals surface area contributed by atoms with Gasteiger partial charge in [0.1, 0.15) is 0 Å². The van der Waals surface area contributed by atoms with E-state index in [0.29, 0.717) is 18.8 Å². The number of para-hydroxylation sites is 2. The molecule has 0 fully saturated rings.